The number of nitrogens with zero attached hydrogens (tertiary/aromatic N) is 3. The van der Waals surface area contributed by atoms with Crippen molar-refractivity contribution in [3.63, 3.8) is 0 Å². The number of imidazole rings is 1. The fraction of sp³-hybridized carbons (Fsp3) is 0.393. The third kappa shape index (κ3) is 5.93. The SMILES string of the molecule is CC(=O)N1CCC(Cc2ccccc2)(C(=O)N(CCc2ccc(Cl)cc2)C(C)c2ncc[nH]2)CC1. The highest BCUT2D eigenvalue weighted by molar-refractivity contribution is 6.30. The highest BCUT2D eigenvalue weighted by Crippen LogP contribution is 2.39. The van der Waals surface area contributed by atoms with E-state index < -0.39 is 5.41 Å². The third-order valence-electron chi connectivity index (χ3n) is 7.20. The lowest BCUT2D eigenvalue weighted by Crippen LogP contribution is -2.53. The van der Waals surface area contributed by atoms with Gasteiger partial charge in [-0.2, -0.15) is 0 Å². The number of benzene rings is 2. The van der Waals surface area contributed by atoms with E-state index in [0.29, 0.717) is 43.9 Å². The van der Waals surface area contributed by atoms with E-state index in [1.807, 2.05) is 59.2 Å². The van der Waals surface area contributed by atoms with Crippen LogP contribution in [0.2, 0.25) is 5.02 Å². The van der Waals surface area contributed by atoms with Crippen LogP contribution < -0.4 is 0 Å². The summed E-state index contributed by atoms with van der Waals surface area (Å²) in [5.74, 6) is 0.960. The number of likely N-dealkylation sites (tertiary alicyclic amines) is 1. The van der Waals surface area contributed by atoms with Crippen LogP contribution in [0.1, 0.15) is 49.7 Å². The number of aromatic nitrogens is 2. The molecule has 3 aromatic rings. The largest absolute Gasteiger partial charge is 0.347 e. The van der Waals surface area contributed by atoms with Crippen molar-refractivity contribution >= 4 is 23.4 Å². The Morgan fingerprint density at radius 2 is 1.77 bits per heavy atom. The maximum atomic E-state index is 14.5. The molecule has 35 heavy (non-hydrogen) atoms. The van der Waals surface area contributed by atoms with Crippen molar-refractivity contribution in [1.29, 1.82) is 0 Å². The van der Waals surface area contributed by atoms with Crippen LogP contribution in [0.25, 0.3) is 0 Å². The Bertz CT molecular complexity index is 1110. The van der Waals surface area contributed by atoms with Crippen LogP contribution in [0.3, 0.4) is 0 Å². The molecule has 1 aliphatic rings. The molecule has 1 unspecified atom stereocenters. The number of carbonyl (C=O) groups is 2. The topological polar surface area (TPSA) is 69.3 Å². The number of halogens is 1. The monoisotopic (exact) mass is 492 g/mol. The second-order valence-corrected chi connectivity index (χ2v) is 9.91. The number of carbonyl (C=O) groups excluding carboxylic acids is 2. The number of hydrogen-bond acceptors (Lipinski definition) is 3. The van der Waals surface area contributed by atoms with Crippen molar-refractivity contribution in [2.45, 2.75) is 45.6 Å². The van der Waals surface area contributed by atoms with Gasteiger partial charge in [0.25, 0.3) is 0 Å². The molecule has 0 bridgehead atoms. The van der Waals surface area contributed by atoms with E-state index in [0.717, 1.165) is 23.4 Å². The van der Waals surface area contributed by atoms with Crippen LogP contribution in [0.4, 0.5) is 0 Å². The summed E-state index contributed by atoms with van der Waals surface area (Å²) < 4.78 is 0. The number of rotatable bonds is 8. The van der Waals surface area contributed by atoms with E-state index in [2.05, 4.69) is 22.1 Å². The smallest absolute Gasteiger partial charge is 0.229 e. The molecule has 7 heteroatoms. The van der Waals surface area contributed by atoms with E-state index in [-0.39, 0.29) is 17.9 Å². The summed E-state index contributed by atoms with van der Waals surface area (Å²) in [6.07, 6.45) is 6.17. The number of H-pyrrole nitrogens is 1. The number of piperidine rings is 1. The van der Waals surface area contributed by atoms with Crippen molar-refractivity contribution in [3.8, 4) is 0 Å². The Hall–Kier alpha value is -3.12. The molecule has 2 heterocycles. The second-order valence-electron chi connectivity index (χ2n) is 9.47. The molecular formula is C28H33ClN4O2. The standard InChI is InChI=1S/C28H33ClN4O2/c1-21(26-30-15-16-31-26)33(17-12-23-8-10-25(29)11-9-23)27(35)28(20-24-6-4-3-5-7-24)13-18-32(19-14-28)22(2)34/h3-11,15-16,21H,12-14,17-20H2,1-2H3,(H,30,31). The maximum Gasteiger partial charge on any atom is 0.229 e. The third-order valence-corrected chi connectivity index (χ3v) is 7.45. The van der Waals surface area contributed by atoms with E-state index in [1.165, 1.54) is 0 Å². The Morgan fingerprint density at radius 1 is 1.09 bits per heavy atom. The van der Waals surface area contributed by atoms with Gasteiger partial charge >= 0.3 is 0 Å². The average molecular weight is 493 g/mol. The Kier molecular flexibility index (Phi) is 7.91. The van der Waals surface area contributed by atoms with Gasteiger partial charge in [0.2, 0.25) is 11.8 Å². The molecule has 0 saturated carbocycles. The van der Waals surface area contributed by atoms with Crippen LogP contribution in [0.5, 0.6) is 0 Å². The summed E-state index contributed by atoms with van der Waals surface area (Å²) >= 11 is 6.07. The fourth-order valence-electron chi connectivity index (χ4n) is 5.03. The first kappa shape index (κ1) is 25.0. The lowest BCUT2D eigenvalue weighted by Gasteiger charge is -2.44. The molecule has 1 fully saturated rings. The molecule has 2 amide bonds. The van der Waals surface area contributed by atoms with Gasteiger partial charge in [-0.25, -0.2) is 4.98 Å². The molecule has 4 rings (SSSR count). The molecule has 1 aliphatic heterocycles. The lowest BCUT2D eigenvalue weighted by molar-refractivity contribution is -0.150. The quantitative estimate of drug-likeness (QED) is 0.477. The molecule has 0 radical (unpaired) electrons. The van der Waals surface area contributed by atoms with Crippen LogP contribution >= 0.6 is 11.6 Å². The first-order chi connectivity index (χ1) is 16.9. The Morgan fingerprint density at radius 3 is 2.37 bits per heavy atom. The number of aromatic amines is 1. The van der Waals surface area contributed by atoms with Crippen LogP contribution in [0, 0.1) is 5.41 Å². The summed E-state index contributed by atoms with van der Waals surface area (Å²) in [7, 11) is 0. The van der Waals surface area contributed by atoms with Gasteiger partial charge in [-0.05, 0) is 55.9 Å². The van der Waals surface area contributed by atoms with Gasteiger partial charge in [0.1, 0.15) is 5.82 Å². The zero-order valence-electron chi connectivity index (χ0n) is 20.4. The van der Waals surface area contributed by atoms with Gasteiger partial charge < -0.3 is 14.8 Å². The summed E-state index contributed by atoms with van der Waals surface area (Å²) in [6.45, 7) is 5.38. The number of nitrogens with one attached hydrogen (secondary N) is 1. The molecule has 1 aromatic heterocycles. The lowest BCUT2D eigenvalue weighted by atomic mass is 9.72. The summed E-state index contributed by atoms with van der Waals surface area (Å²) in [5.41, 5.74) is 1.69. The number of hydrogen-bond donors (Lipinski definition) is 1. The van der Waals surface area contributed by atoms with Crippen molar-refractivity contribution in [1.82, 2.24) is 19.8 Å². The molecule has 184 valence electrons. The minimum atomic E-state index is -0.575. The normalized spacial score (nSPS) is 16.0. The van der Waals surface area contributed by atoms with Gasteiger partial charge in [0.05, 0.1) is 11.5 Å². The minimum Gasteiger partial charge on any atom is -0.347 e. The fourth-order valence-corrected chi connectivity index (χ4v) is 5.16. The zero-order chi connectivity index (χ0) is 24.8. The molecule has 2 aromatic carbocycles. The van der Waals surface area contributed by atoms with E-state index in [4.69, 9.17) is 11.6 Å². The zero-order valence-corrected chi connectivity index (χ0v) is 21.2. The minimum absolute atomic E-state index is 0.0642. The van der Waals surface area contributed by atoms with Crippen molar-refractivity contribution < 1.29 is 9.59 Å². The van der Waals surface area contributed by atoms with Crippen molar-refractivity contribution in [2.75, 3.05) is 19.6 Å². The molecular weight excluding hydrogens is 460 g/mol. The van der Waals surface area contributed by atoms with Gasteiger partial charge in [0.15, 0.2) is 0 Å². The predicted octanol–water partition coefficient (Wildman–Crippen LogP) is 5.07. The van der Waals surface area contributed by atoms with Crippen LogP contribution in [-0.4, -0.2) is 51.2 Å². The highest BCUT2D eigenvalue weighted by Gasteiger charge is 2.45. The predicted molar refractivity (Wildman–Crippen MR) is 138 cm³/mol. The van der Waals surface area contributed by atoms with Crippen LogP contribution in [0.15, 0.2) is 67.0 Å². The maximum absolute atomic E-state index is 14.5. The molecule has 0 aliphatic carbocycles. The van der Waals surface area contributed by atoms with Gasteiger partial charge in [-0.1, -0.05) is 54.1 Å². The molecule has 1 atom stereocenters. The summed E-state index contributed by atoms with van der Waals surface area (Å²) in [4.78, 5) is 38.0. The molecule has 6 nitrogen and oxygen atoms in total. The second kappa shape index (κ2) is 11.1. The van der Waals surface area contributed by atoms with Crippen molar-refractivity contribution in [2.24, 2.45) is 5.41 Å². The number of amides is 2. The van der Waals surface area contributed by atoms with Gasteiger partial charge in [-0.15, -0.1) is 0 Å². The summed E-state index contributed by atoms with van der Waals surface area (Å²) in [6, 6.07) is 17.8. The first-order valence-corrected chi connectivity index (χ1v) is 12.6. The van der Waals surface area contributed by atoms with E-state index in [1.54, 1.807) is 19.3 Å². The molecule has 1 saturated heterocycles. The summed E-state index contributed by atoms with van der Waals surface area (Å²) in [5, 5.41) is 0.699. The van der Waals surface area contributed by atoms with Crippen molar-refractivity contribution in [3.05, 3.63) is 89.0 Å². The first-order valence-electron chi connectivity index (χ1n) is 12.2. The molecule has 0 spiro atoms. The van der Waals surface area contributed by atoms with E-state index >= 15 is 0 Å². The van der Waals surface area contributed by atoms with Gasteiger partial charge in [0, 0.05) is 44.0 Å². The van der Waals surface area contributed by atoms with Crippen LogP contribution in [-0.2, 0) is 22.4 Å². The Balaban J connectivity index is 1.64. The Labute approximate surface area is 212 Å². The van der Waals surface area contributed by atoms with E-state index in [9.17, 15) is 9.59 Å². The van der Waals surface area contributed by atoms with Gasteiger partial charge in [-0.3, -0.25) is 9.59 Å². The molecule has 1 N–H and O–H groups in total. The highest BCUT2D eigenvalue weighted by atomic mass is 35.5. The average Bonchev–Trinajstić information content (AvgIpc) is 3.41.